The van der Waals surface area contributed by atoms with Crippen LogP contribution in [0.25, 0.3) is 0 Å². The van der Waals surface area contributed by atoms with Crippen molar-refractivity contribution in [2.45, 2.75) is 25.7 Å². The maximum atomic E-state index is 12.0. The highest BCUT2D eigenvalue weighted by atomic mass is 16.1. The van der Waals surface area contributed by atoms with Gasteiger partial charge in [0.2, 0.25) is 0 Å². The highest BCUT2D eigenvalue weighted by Crippen LogP contribution is 2.22. The molecule has 4 nitrogen and oxygen atoms in total. The van der Waals surface area contributed by atoms with Crippen molar-refractivity contribution in [2.75, 3.05) is 0 Å². The first-order valence-corrected chi connectivity index (χ1v) is 6.65. The van der Waals surface area contributed by atoms with Crippen LogP contribution in [0, 0.1) is 11.3 Å². The number of nitriles is 1. The van der Waals surface area contributed by atoms with Crippen LogP contribution >= 0.6 is 0 Å². The topological polar surface area (TPSA) is 64.9 Å². The Hall–Kier alpha value is -2.54. The van der Waals surface area contributed by atoms with Gasteiger partial charge in [-0.1, -0.05) is 24.8 Å². The Balaban J connectivity index is 1.98. The molecule has 0 heterocycles. The van der Waals surface area contributed by atoms with E-state index < -0.39 is 0 Å². The number of hydrogen-bond donors (Lipinski definition) is 2. The molecule has 2 rings (SSSR count). The fourth-order valence-electron chi connectivity index (χ4n) is 2.18. The van der Waals surface area contributed by atoms with Crippen molar-refractivity contribution < 1.29 is 4.79 Å². The van der Waals surface area contributed by atoms with Gasteiger partial charge in [0.05, 0.1) is 6.07 Å². The molecule has 0 aromatic heterocycles. The molecule has 2 N–H and O–H groups in total. The second-order valence-electron chi connectivity index (χ2n) is 4.70. The molecule has 0 aliphatic heterocycles. The van der Waals surface area contributed by atoms with Gasteiger partial charge in [-0.2, -0.15) is 5.26 Å². The smallest absolute Gasteiger partial charge is 0.256 e. The number of carbonyl (C=O) groups is 1. The molecule has 102 valence electrons. The molecule has 1 aliphatic rings. The first-order chi connectivity index (χ1) is 9.70. The van der Waals surface area contributed by atoms with E-state index in [1.165, 1.54) is 0 Å². The zero-order valence-electron chi connectivity index (χ0n) is 11.3. The molecular weight excluding hydrogens is 250 g/mol. The lowest BCUT2D eigenvalue weighted by molar-refractivity contribution is 0.0964. The van der Waals surface area contributed by atoms with E-state index in [-0.39, 0.29) is 5.91 Å². The maximum Gasteiger partial charge on any atom is 0.256 e. The Labute approximate surface area is 118 Å². The molecule has 4 heteroatoms. The average molecular weight is 267 g/mol. The summed E-state index contributed by atoms with van der Waals surface area (Å²) in [6.45, 7) is 3.80. The van der Waals surface area contributed by atoms with E-state index in [4.69, 9.17) is 5.26 Å². The van der Waals surface area contributed by atoms with Gasteiger partial charge >= 0.3 is 0 Å². The number of benzene rings is 1. The van der Waals surface area contributed by atoms with E-state index in [1.807, 2.05) is 18.2 Å². The molecule has 0 spiro atoms. The van der Waals surface area contributed by atoms with Crippen LogP contribution in [-0.4, -0.2) is 5.91 Å². The molecule has 0 saturated heterocycles. The van der Waals surface area contributed by atoms with Gasteiger partial charge in [-0.15, -0.1) is 0 Å². The fourth-order valence-corrected chi connectivity index (χ4v) is 2.18. The second kappa shape index (κ2) is 6.58. The molecule has 1 aromatic rings. The molecule has 0 saturated carbocycles. The third-order valence-electron chi connectivity index (χ3n) is 3.20. The fraction of sp³-hybridized carbons (Fsp3) is 0.250. The zero-order valence-corrected chi connectivity index (χ0v) is 11.3. The van der Waals surface area contributed by atoms with Gasteiger partial charge in [-0.05, 0) is 37.8 Å². The highest BCUT2D eigenvalue weighted by molar-refractivity contribution is 5.95. The standard InChI is InChI=1S/C16H17N3O/c1-12(18-15-10-6-5-9-14(15)11-17)19-16(20)13-7-3-2-4-8-13/h2-4,7-8,18H,1,5-6,9-10H2,(H,19,20). The Bertz CT molecular complexity index is 581. The Morgan fingerprint density at radius 2 is 1.90 bits per heavy atom. The van der Waals surface area contributed by atoms with Gasteiger partial charge < -0.3 is 10.6 Å². The van der Waals surface area contributed by atoms with Crippen molar-refractivity contribution in [3.8, 4) is 6.07 Å². The van der Waals surface area contributed by atoms with Crippen molar-refractivity contribution >= 4 is 5.91 Å². The zero-order chi connectivity index (χ0) is 14.4. The molecular formula is C16H17N3O. The SMILES string of the molecule is C=C(NC(=O)c1ccccc1)NC1=C(C#N)CCCC1. The van der Waals surface area contributed by atoms with Gasteiger partial charge in [0.1, 0.15) is 5.82 Å². The molecule has 20 heavy (non-hydrogen) atoms. The predicted octanol–water partition coefficient (Wildman–Crippen LogP) is 2.83. The predicted molar refractivity (Wildman–Crippen MR) is 77.3 cm³/mol. The summed E-state index contributed by atoms with van der Waals surface area (Å²) in [5, 5.41) is 14.8. The van der Waals surface area contributed by atoms with E-state index >= 15 is 0 Å². The Kier molecular flexibility index (Phi) is 4.56. The highest BCUT2D eigenvalue weighted by Gasteiger charge is 2.14. The number of amides is 1. The van der Waals surface area contributed by atoms with E-state index in [9.17, 15) is 4.79 Å². The van der Waals surface area contributed by atoms with Crippen molar-refractivity contribution in [3.63, 3.8) is 0 Å². The molecule has 0 radical (unpaired) electrons. The average Bonchev–Trinajstić information content (AvgIpc) is 2.48. The lowest BCUT2D eigenvalue weighted by atomic mass is 9.97. The molecule has 1 aliphatic carbocycles. The minimum atomic E-state index is -0.210. The van der Waals surface area contributed by atoms with Gasteiger partial charge in [0.25, 0.3) is 5.91 Å². The Morgan fingerprint density at radius 3 is 2.60 bits per heavy atom. The molecule has 0 fully saturated rings. The summed E-state index contributed by atoms with van der Waals surface area (Å²) in [6, 6.07) is 11.2. The van der Waals surface area contributed by atoms with E-state index in [0.717, 1.165) is 37.0 Å². The minimum absolute atomic E-state index is 0.210. The molecule has 0 bridgehead atoms. The largest absolute Gasteiger partial charge is 0.345 e. The molecule has 0 atom stereocenters. The summed E-state index contributed by atoms with van der Waals surface area (Å²) in [5.41, 5.74) is 2.21. The number of allylic oxidation sites excluding steroid dienone is 2. The third kappa shape index (κ3) is 3.48. The van der Waals surface area contributed by atoms with Crippen LogP contribution in [-0.2, 0) is 0 Å². The van der Waals surface area contributed by atoms with Crippen LogP contribution in [0.15, 0.2) is 54.0 Å². The summed E-state index contributed by atoms with van der Waals surface area (Å²) in [4.78, 5) is 12.0. The molecule has 1 amide bonds. The van der Waals surface area contributed by atoms with Gasteiger partial charge in [0, 0.05) is 16.8 Å². The number of rotatable bonds is 4. The summed E-state index contributed by atoms with van der Waals surface area (Å²) in [5.74, 6) is 0.196. The van der Waals surface area contributed by atoms with Crippen LogP contribution < -0.4 is 10.6 Å². The van der Waals surface area contributed by atoms with Crippen LogP contribution in [0.5, 0.6) is 0 Å². The first-order valence-electron chi connectivity index (χ1n) is 6.65. The molecule has 0 unspecified atom stereocenters. The lowest BCUT2D eigenvalue weighted by Crippen LogP contribution is -2.31. The van der Waals surface area contributed by atoms with Gasteiger partial charge in [0.15, 0.2) is 0 Å². The van der Waals surface area contributed by atoms with Gasteiger partial charge in [-0.3, -0.25) is 4.79 Å². The summed E-state index contributed by atoms with van der Waals surface area (Å²) >= 11 is 0. The van der Waals surface area contributed by atoms with Crippen molar-refractivity contribution in [1.29, 1.82) is 5.26 Å². The van der Waals surface area contributed by atoms with Crippen molar-refractivity contribution in [2.24, 2.45) is 0 Å². The normalized spacial score (nSPS) is 14.3. The van der Waals surface area contributed by atoms with Gasteiger partial charge in [-0.25, -0.2) is 0 Å². The van der Waals surface area contributed by atoms with Crippen LogP contribution in [0.1, 0.15) is 36.0 Å². The van der Waals surface area contributed by atoms with E-state index in [2.05, 4.69) is 23.3 Å². The van der Waals surface area contributed by atoms with Crippen LogP contribution in [0.4, 0.5) is 0 Å². The number of nitrogens with one attached hydrogen (secondary N) is 2. The summed E-state index contributed by atoms with van der Waals surface area (Å²) < 4.78 is 0. The quantitative estimate of drug-likeness (QED) is 0.881. The minimum Gasteiger partial charge on any atom is -0.345 e. The lowest BCUT2D eigenvalue weighted by Gasteiger charge is -2.19. The van der Waals surface area contributed by atoms with E-state index in [1.54, 1.807) is 12.1 Å². The molecule has 1 aromatic carbocycles. The summed E-state index contributed by atoms with van der Waals surface area (Å²) in [6.07, 6.45) is 3.70. The van der Waals surface area contributed by atoms with Crippen LogP contribution in [0.3, 0.4) is 0 Å². The maximum absolute atomic E-state index is 12.0. The van der Waals surface area contributed by atoms with Crippen LogP contribution in [0.2, 0.25) is 0 Å². The van der Waals surface area contributed by atoms with E-state index in [0.29, 0.717) is 11.4 Å². The Morgan fingerprint density at radius 1 is 1.20 bits per heavy atom. The monoisotopic (exact) mass is 267 g/mol. The van der Waals surface area contributed by atoms with Crippen molar-refractivity contribution in [3.05, 3.63) is 59.6 Å². The third-order valence-corrected chi connectivity index (χ3v) is 3.20. The number of hydrogen-bond acceptors (Lipinski definition) is 3. The van der Waals surface area contributed by atoms with Crippen molar-refractivity contribution in [1.82, 2.24) is 10.6 Å². The number of carbonyl (C=O) groups excluding carboxylic acids is 1. The summed E-state index contributed by atoms with van der Waals surface area (Å²) in [7, 11) is 0. The first kappa shape index (κ1) is 13.9. The number of nitrogens with zero attached hydrogens (tertiary/aromatic N) is 1. The second-order valence-corrected chi connectivity index (χ2v) is 4.70.